The van der Waals surface area contributed by atoms with Gasteiger partial charge in [0.2, 0.25) is 0 Å². The van der Waals surface area contributed by atoms with Crippen molar-refractivity contribution in [2.45, 2.75) is 77.3 Å². The number of likely N-dealkylation sites (tertiary alicyclic amines) is 2. The Balaban J connectivity index is 1.03. The molecule has 1 unspecified atom stereocenters. The van der Waals surface area contributed by atoms with Crippen LogP contribution in [0.3, 0.4) is 0 Å². The summed E-state index contributed by atoms with van der Waals surface area (Å²) >= 11 is 0. The lowest BCUT2D eigenvalue weighted by Crippen LogP contribution is -2.44. The maximum atomic E-state index is 6.44. The van der Waals surface area contributed by atoms with E-state index in [2.05, 4.69) is 84.5 Å². The highest BCUT2D eigenvalue weighted by molar-refractivity contribution is 5.80. The first-order valence-electron chi connectivity index (χ1n) is 17.2. The molecular formula is C39H52N4O3. The number of piperidine rings is 1. The van der Waals surface area contributed by atoms with Gasteiger partial charge in [0.1, 0.15) is 11.5 Å². The molecule has 3 aliphatic heterocycles. The minimum absolute atomic E-state index is 0.115. The van der Waals surface area contributed by atoms with E-state index in [-0.39, 0.29) is 11.5 Å². The molecule has 7 nitrogen and oxygen atoms in total. The first-order valence-corrected chi connectivity index (χ1v) is 17.2. The number of methoxy groups -OCH3 is 1. The van der Waals surface area contributed by atoms with E-state index < -0.39 is 0 Å². The topological polar surface area (TPSA) is 58.2 Å². The van der Waals surface area contributed by atoms with Crippen molar-refractivity contribution >= 4 is 22.8 Å². The second kappa shape index (κ2) is 14.4. The molecule has 0 amide bonds. The van der Waals surface area contributed by atoms with Gasteiger partial charge in [-0.25, -0.2) is 0 Å². The van der Waals surface area contributed by atoms with Gasteiger partial charge in [-0.3, -0.25) is 0 Å². The van der Waals surface area contributed by atoms with Crippen LogP contribution in [0.25, 0.3) is 5.76 Å². The smallest absolute Gasteiger partial charge is 0.163 e. The number of fused-ring (bicyclic) bond motifs is 1. The van der Waals surface area contributed by atoms with Crippen LogP contribution in [-0.2, 0) is 5.41 Å². The summed E-state index contributed by atoms with van der Waals surface area (Å²) in [6, 6.07) is 21.7. The lowest BCUT2D eigenvalue weighted by atomic mass is 9.87. The highest BCUT2D eigenvalue weighted by Crippen LogP contribution is 2.40. The molecule has 46 heavy (non-hydrogen) atoms. The summed E-state index contributed by atoms with van der Waals surface area (Å²) in [5, 5.41) is 7.07. The van der Waals surface area contributed by atoms with Crippen molar-refractivity contribution in [1.82, 2.24) is 9.80 Å². The van der Waals surface area contributed by atoms with Gasteiger partial charge in [-0.15, -0.1) is 0 Å². The monoisotopic (exact) mass is 624 g/mol. The van der Waals surface area contributed by atoms with E-state index in [4.69, 9.17) is 14.2 Å². The third-order valence-corrected chi connectivity index (χ3v) is 9.57. The molecule has 246 valence electrons. The van der Waals surface area contributed by atoms with Gasteiger partial charge in [0.25, 0.3) is 0 Å². The molecule has 3 heterocycles. The quantitative estimate of drug-likeness (QED) is 0.208. The number of anilines is 3. The van der Waals surface area contributed by atoms with Crippen molar-refractivity contribution in [2.24, 2.45) is 0 Å². The number of nitrogens with zero attached hydrogens (tertiary/aromatic N) is 2. The largest absolute Gasteiger partial charge is 0.493 e. The summed E-state index contributed by atoms with van der Waals surface area (Å²) in [6.07, 6.45) is 8.47. The van der Waals surface area contributed by atoms with Crippen LogP contribution >= 0.6 is 0 Å². The summed E-state index contributed by atoms with van der Waals surface area (Å²) in [5.41, 5.74) is 5.48. The fraction of sp³-hybridized carbons (Fsp3) is 0.487. The van der Waals surface area contributed by atoms with Gasteiger partial charge in [-0.1, -0.05) is 32.9 Å². The first kappa shape index (κ1) is 32.3. The maximum Gasteiger partial charge on any atom is 0.163 e. The standard InChI is InChI=1S/C39H52N4O3/c1-28-25-36(46-33-15-13-31(14-16-33)41-30-11-9-29(10-12-30)39(2,3)4)34-26-37(44-5)38(27-35(34)40-28)45-24-8-19-42-22-17-32(18-23-42)43-20-6-7-21-43/h9-16,25-28,32,40-41H,6-8,17-24H2,1-5H3. The Bertz CT molecular complexity index is 1460. The molecule has 0 radical (unpaired) electrons. The highest BCUT2D eigenvalue weighted by atomic mass is 16.5. The van der Waals surface area contributed by atoms with Crippen LogP contribution in [0.15, 0.2) is 66.7 Å². The molecule has 7 heteroatoms. The number of hydrogen-bond donors (Lipinski definition) is 2. The van der Waals surface area contributed by atoms with Gasteiger partial charge < -0.3 is 34.6 Å². The normalized spacial score (nSPS) is 19.2. The van der Waals surface area contributed by atoms with Gasteiger partial charge in [0.05, 0.1) is 13.7 Å². The Morgan fingerprint density at radius 3 is 2.20 bits per heavy atom. The Morgan fingerprint density at radius 1 is 0.870 bits per heavy atom. The Labute approximate surface area is 275 Å². The van der Waals surface area contributed by atoms with Crippen LogP contribution in [0.2, 0.25) is 0 Å². The van der Waals surface area contributed by atoms with Gasteiger partial charge in [-0.05, 0) is 125 Å². The summed E-state index contributed by atoms with van der Waals surface area (Å²) in [4.78, 5) is 5.32. The summed E-state index contributed by atoms with van der Waals surface area (Å²) in [6.45, 7) is 15.6. The molecule has 3 aromatic carbocycles. The second-order valence-electron chi connectivity index (χ2n) is 14.1. The maximum absolute atomic E-state index is 6.44. The Hall–Kier alpha value is -3.68. The van der Waals surface area contributed by atoms with Crippen molar-refractivity contribution in [1.29, 1.82) is 0 Å². The predicted octanol–water partition coefficient (Wildman–Crippen LogP) is 8.30. The van der Waals surface area contributed by atoms with E-state index in [1.54, 1.807) is 7.11 Å². The van der Waals surface area contributed by atoms with Gasteiger partial charge in [0.15, 0.2) is 11.5 Å². The zero-order valence-electron chi connectivity index (χ0n) is 28.4. The molecule has 6 rings (SSSR count). The minimum Gasteiger partial charge on any atom is -0.493 e. The molecule has 2 N–H and O–H groups in total. The average molecular weight is 625 g/mol. The van der Waals surface area contributed by atoms with Crippen molar-refractivity contribution in [3.05, 3.63) is 77.9 Å². The molecule has 0 spiro atoms. The molecule has 0 bridgehead atoms. The summed E-state index contributed by atoms with van der Waals surface area (Å²) < 4.78 is 18.5. The van der Waals surface area contributed by atoms with Crippen molar-refractivity contribution in [3.8, 4) is 17.2 Å². The average Bonchev–Trinajstić information content (AvgIpc) is 3.59. The van der Waals surface area contributed by atoms with Gasteiger partial charge in [-0.2, -0.15) is 0 Å². The molecule has 2 saturated heterocycles. The first-order chi connectivity index (χ1) is 22.2. The van der Waals surface area contributed by atoms with Gasteiger partial charge in [0, 0.05) is 47.3 Å². The lowest BCUT2D eigenvalue weighted by molar-refractivity contribution is 0.122. The van der Waals surface area contributed by atoms with Crippen LogP contribution in [0.4, 0.5) is 17.1 Å². The van der Waals surface area contributed by atoms with E-state index in [0.29, 0.717) is 12.4 Å². The van der Waals surface area contributed by atoms with Crippen molar-refractivity contribution in [3.63, 3.8) is 0 Å². The van der Waals surface area contributed by atoms with Crippen LogP contribution in [0, 0.1) is 0 Å². The summed E-state index contributed by atoms with van der Waals surface area (Å²) in [7, 11) is 1.70. The zero-order chi connectivity index (χ0) is 32.1. The molecule has 0 aromatic heterocycles. The Kier molecular flexibility index (Phi) is 10.1. The van der Waals surface area contributed by atoms with Crippen LogP contribution in [-0.4, -0.2) is 68.3 Å². The van der Waals surface area contributed by atoms with E-state index in [1.807, 2.05) is 30.3 Å². The molecular weight excluding hydrogens is 572 g/mol. The van der Waals surface area contributed by atoms with E-state index in [9.17, 15) is 0 Å². The predicted molar refractivity (Wildman–Crippen MR) is 190 cm³/mol. The molecule has 2 fully saturated rings. The SMILES string of the molecule is COc1cc2c(cc1OCCCN1CCC(N3CCCC3)CC1)NC(C)C=C2Oc1ccc(Nc2ccc(C(C)(C)C)cc2)cc1. The van der Waals surface area contributed by atoms with Gasteiger partial charge >= 0.3 is 0 Å². The van der Waals surface area contributed by atoms with Crippen LogP contribution in [0.5, 0.6) is 17.2 Å². The molecule has 1 atom stereocenters. The fourth-order valence-electron chi connectivity index (χ4n) is 6.89. The number of hydrogen-bond acceptors (Lipinski definition) is 7. The second-order valence-corrected chi connectivity index (χ2v) is 14.1. The number of ether oxygens (including phenoxy) is 3. The van der Waals surface area contributed by atoms with E-state index in [0.717, 1.165) is 58.9 Å². The third-order valence-electron chi connectivity index (χ3n) is 9.57. The zero-order valence-corrected chi connectivity index (χ0v) is 28.4. The van der Waals surface area contributed by atoms with Crippen molar-refractivity contribution < 1.29 is 14.2 Å². The fourth-order valence-corrected chi connectivity index (χ4v) is 6.89. The van der Waals surface area contributed by atoms with Crippen LogP contribution < -0.4 is 24.8 Å². The summed E-state index contributed by atoms with van der Waals surface area (Å²) in [5.74, 6) is 3.07. The Morgan fingerprint density at radius 2 is 1.54 bits per heavy atom. The molecule has 3 aromatic rings. The number of rotatable bonds is 11. The third kappa shape index (κ3) is 7.99. The number of nitrogens with one attached hydrogen (secondary N) is 2. The van der Waals surface area contributed by atoms with E-state index in [1.165, 1.54) is 57.4 Å². The molecule has 0 saturated carbocycles. The molecule has 3 aliphatic rings. The van der Waals surface area contributed by atoms with Crippen LogP contribution in [0.1, 0.15) is 70.9 Å². The van der Waals surface area contributed by atoms with E-state index >= 15 is 0 Å². The minimum atomic E-state index is 0.115. The highest BCUT2D eigenvalue weighted by Gasteiger charge is 2.26. The number of benzene rings is 3. The lowest BCUT2D eigenvalue weighted by Gasteiger charge is -2.36. The molecule has 0 aliphatic carbocycles. The van der Waals surface area contributed by atoms with Crippen molar-refractivity contribution in [2.75, 3.05) is 57.1 Å².